The van der Waals surface area contributed by atoms with Gasteiger partial charge in [-0.15, -0.1) is 0 Å². The van der Waals surface area contributed by atoms with E-state index in [0.29, 0.717) is 19.1 Å². The van der Waals surface area contributed by atoms with Gasteiger partial charge in [-0.25, -0.2) is 4.79 Å². The fraction of sp³-hybridized carbons (Fsp3) is 0.900. The largest absolute Gasteiger partial charge is 0.449 e. The Kier molecular flexibility index (Phi) is 4.20. The van der Waals surface area contributed by atoms with Crippen LogP contribution in [0.5, 0.6) is 0 Å². The van der Waals surface area contributed by atoms with E-state index in [4.69, 9.17) is 10.5 Å². The Hall–Kier alpha value is -0.770. The van der Waals surface area contributed by atoms with Crippen molar-refractivity contribution < 1.29 is 9.53 Å². The summed E-state index contributed by atoms with van der Waals surface area (Å²) in [6.45, 7) is 5.95. The molecule has 1 heterocycles. The van der Waals surface area contributed by atoms with Gasteiger partial charge in [0.2, 0.25) is 0 Å². The summed E-state index contributed by atoms with van der Waals surface area (Å²) in [5.41, 5.74) is 5.77. The molecule has 0 spiro atoms. The van der Waals surface area contributed by atoms with Crippen molar-refractivity contribution in [3.8, 4) is 0 Å². The van der Waals surface area contributed by atoms with Gasteiger partial charge in [0.25, 0.3) is 0 Å². The van der Waals surface area contributed by atoms with Crippen LogP contribution in [0, 0.1) is 5.92 Å². The zero-order valence-corrected chi connectivity index (χ0v) is 9.03. The molecule has 0 bridgehead atoms. The minimum atomic E-state index is -0.214. The number of hydrogen-bond donors (Lipinski definition) is 1. The van der Waals surface area contributed by atoms with Gasteiger partial charge in [0.15, 0.2) is 0 Å². The summed E-state index contributed by atoms with van der Waals surface area (Å²) in [5.74, 6) is 0.386. The number of nitrogens with two attached hydrogens (primary N) is 1. The normalized spacial score (nSPS) is 22.6. The molecule has 4 nitrogen and oxygen atoms in total. The van der Waals surface area contributed by atoms with E-state index in [1.54, 1.807) is 4.90 Å². The van der Waals surface area contributed by atoms with E-state index in [1.165, 1.54) is 0 Å². The van der Waals surface area contributed by atoms with Crippen molar-refractivity contribution in [3.63, 3.8) is 0 Å². The highest BCUT2D eigenvalue weighted by atomic mass is 16.6. The summed E-state index contributed by atoms with van der Waals surface area (Å²) >= 11 is 0. The monoisotopic (exact) mass is 200 g/mol. The van der Waals surface area contributed by atoms with E-state index in [1.807, 2.05) is 13.8 Å². The van der Waals surface area contributed by atoms with Crippen LogP contribution >= 0.6 is 0 Å². The van der Waals surface area contributed by atoms with Gasteiger partial charge in [-0.05, 0) is 18.8 Å². The lowest BCUT2D eigenvalue weighted by Crippen LogP contribution is -2.46. The van der Waals surface area contributed by atoms with Crippen LogP contribution in [0.2, 0.25) is 0 Å². The van der Waals surface area contributed by atoms with Crippen molar-refractivity contribution in [2.45, 2.75) is 32.7 Å². The Balaban J connectivity index is 2.29. The standard InChI is InChI=1S/C10H20N2O2/c1-8(2)7-14-10(13)12-5-3-4-9(11)6-12/h8-9H,3-7,11H2,1-2H3. The van der Waals surface area contributed by atoms with Crippen LogP contribution in [0.25, 0.3) is 0 Å². The maximum absolute atomic E-state index is 11.5. The average Bonchev–Trinajstić information content (AvgIpc) is 2.14. The Bertz CT molecular complexity index is 195. The summed E-state index contributed by atoms with van der Waals surface area (Å²) in [4.78, 5) is 13.2. The molecule has 1 unspecified atom stereocenters. The van der Waals surface area contributed by atoms with E-state index in [-0.39, 0.29) is 12.1 Å². The topological polar surface area (TPSA) is 55.6 Å². The molecule has 0 radical (unpaired) electrons. The number of nitrogens with zero attached hydrogens (tertiary/aromatic N) is 1. The number of amides is 1. The lowest BCUT2D eigenvalue weighted by atomic mass is 10.1. The summed E-state index contributed by atoms with van der Waals surface area (Å²) in [6, 6.07) is 0.121. The minimum absolute atomic E-state index is 0.121. The highest BCUT2D eigenvalue weighted by Crippen LogP contribution is 2.09. The number of ether oxygens (including phenoxy) is 1. The highest BCUT2D eigenvalue weighted by Gasteiger charge is 2.22. The zero-order chi connectivity index (χ0) is 10.6. The van der Waals surface area contributed by atoms with E-state index in [0.717, 1.165) is 19.4 Å². The van der Waals surface area contributed by atoms with E-state index >= 15 is 0 Å². The molecule has 14 heavy (non-hydrogen) atoms. The summed E-state index contributed by atoms with van der Waals surface area (Å²) < 4.78 is 5.12. The Morgan fingerprint density at radius 3 is 2.93 bits per heavy atom. The zero-order valence-electron chi connectivity index (χ0n) is 9.03. The molecule has 1 fully saturated rings. The second kappa shape index (κ2) is 5.20. The number of rotatable bonds is 2. The minimum Gasteiger partial charge on any atom is -0.449 e. The Labute approximate surface area is 85.4 Å². The number of hydrogen-bond acceptors (Lipinski definition) is 3. The van der Waals surface area contributed by atoms with E-state index < -0.39 is 0 Å². The lowest BCUT2D eigenvalue weighted by Gasteiger charge is -2.30. The second-order valence-electron chi connectivity index (χ2n) is 4.32. The predicted octanol–water partition coefficient (Wildman–Crippen LogP) is 1.20. The number of likely N-dealkylation sites (tertiary alicyclic amines) is 1. The fourth-order valence-corrected chi connectivity index (χ4v) is 1.51. The van der Waals surface area contributed by atoms with Gasteiger partial charge < -0.3 is 15.4 Å². The van der Waals surface area contributed by atoms with Crippen LogP contribution < -0.4 is 5.73 Å². The van der Waals surface area contributed by atoms with Crippen molar-refractivity contribution in [2.75, 3.05) is 19.7 Å². The van der Waals surface area contributed by atoms with Crippen molar-refractivity contribution in [1.29, 1.82) is 0 Å². The molecular weight excluding hydrogens is 180 g/mol. The van der Waals surface area contributed by atoms with Crippen LogP contribution in [0.3, 0.4) is 0 Å². The third-order valence-corrected chi connectivity index (χ3v) is 2.26. The van der Waals surface area contributed by atoms with Gasteiger partial charge in [-0.3, -0.25) is 0 Å². The van der Waals surface area contributed by atoms with Gasteiger partial charge in [-0.1, -0.05) is 13.8 Å². The van der Waals surface area contributed by atoms with Gasteiger partial charge in [-0.2, -0.15) is 0 Å². The van der Waals surface area contributed by atoms with Crippen molar-refractivity contribution in [3.05, 3.63) is 0 Å². The molecule has 2 N–H and O–H groups in total. The molecule has 0 aromatic heterocycles. The van der Waals surface area contributed by atoms with Crippen LogP contribution in [0.4, 0.5) is 4.79 Å². The van der Waals surface area contributed by atoms with Crippen LogP contribution in [-0.2, 0) is 4.74 Å². The molecule has 0 aromatic carbocycles. The third-order valence-electron chi connectivity index (χ3n) is 2.26. The molecule has 1 amide bonds. The smallest absolute Gasteiger partial charge is 0.409 e. The molecule has 1 aliphatic rings. The van der Waals surface area contributed by atoms with Gasteiger partial charge in [0, 0.05) is 19.1 Å². The lowest BCUT2D eigenvalue weighted by molar-refractivity contribution is 0.0827. The quantitative estimate of drug-likeness (QED) is 0.728. The highest BCUT2D eigenvalue weighted by molar-refractivity contribution is 5.67. The van der Waals surface area contributed by atoms with Crippen molar-refractivity contribution >= 4 is 6.09 Å². The first-order chi connectivity index (χ1) is 6.59. The van der Waals surface area contributed by atoms with Crippen LogP contribution in [0.15, 0.2) is 0 Å². The summed E-state index contributed by atoms with van der Waals surface area (Å²) in [6.07, 6.45) is 1.78. The van der Waals surface area contributed by atoms with Gasteiger partial charge in [0.1, 0.15) is 0 Å². The van der Waals surface area contributed by atoms with Crippen molar-refractivity contribution in [1.82, 2.24) is 4.90 Å². The molecule has 0 aromatic rings. The molecule has 1 rings (SSSR count). The molecule has 1 saturated heterocycles. The van der Waals surface area contributed by atoms with E-state index in [2.05, 4.69) is 0 Å². The first kappa shape index (κ1) is 11.3. The molecular formula is C10H20N2O2. The molecule has 0 aliphatic carbocycles. The SMILES string of the molecule is CC(C)COC(=O)N1CCCC(N)C1. The van der Waals surface area contributed by atoms with Crippen LogP contribution in [0.1, 0.15) is 26.7 Å². The first-order valence-electron chi connectivity index (χ1n) is 5.27. The van der Waals surface area contributed by atoms with Gasteiger partial charge >= 0.3 is 6.09 Å². The summed E-state index contributed by atoms with van der Waals surface area (Å²) in [7, 11) is 0. The second-order valence-corrected chi connectivity index (χ2v) is 4.32. The molecule has 1 atom stereocenters. The number of carbonyl (C=O) groups is 1. The maximum Gasteiger partial charge on any atom is 0.409 e. The molecule has 0 saturated carbocycles. The number of piperidine rings is 1. The van der Waals surface area contributed by atoms with Crippen LogP contribution in [-0.4, -0.2) is 36.7 Å². The van der Waals surface area contributed by atoms with Gasteiger partial charge in [0.05, 0.1) is 6.61 Å². The molecule has 1 aliphatic heterocycles. The Morgan fingerprint density at radius 2 is 2.36 bits per heavy atom. The van der Waals surface area contributed by atoms with E-state index in [9.17, 15) is 4.79 Å². The molecule has 4 heteroatoms. The van der Waals surface area contributed by atoms with Crippen molar-refractivity contribution in [2.24, 2.45) is 11.7 Å². The first-order valence-corrected chi connectivity index (χ1v) is 5.27. The average molecular weight is 200 g/mol. The fourth-order valence-electron chi connectivity index (χ4n) is 1.51. The summed E-state index contributed by atoms with van der Waals surface area (Å²) in [5, 5.41) is 0. The molecule has 82 valence electrons. The number of carbonyl (C=O) groups excluding carboxylic acids is 1. The third kappa shape index (κ3) is 3.54. The Morgan fingerprint density at radius 1 is 1.64 bits per heavy atom. The predicted molar refractivity (Wildman–Crippen MR) is 55.0 cm³/mol. The maximum atomic E-state index is 11.5.